The van der Waals surface area contributed by atoms with Crippen molar-refractivity contribution in [2.45, 2.75) is 18.4 Å². The Hall–Kier alpha value is -1.62. The molecule has 0 radical (unpaired) electrons. The summed E-state index contributed by atoms with van der Waals surface area (Å²) in [6, 6.07) is 3.42. The van der Waals surface area contributed by atoms with Crippen molar-refractivity contribution in [1.82, 2.24) is 4.98 Å². The number of nitrogens with zero attached hydrogens (tertiary/aromatic N) is 1. The van der Waals surface area contributed by atoms with Crippen LogP contribution in [-0.2, 0) is 15.1 Å². The molecular formula is C12H15NO4. The van der Waals surface area contributed by atoms with Crippen molar-refractivity contribution >= 4 is 5.97 Å². The van der Waals surface area contributed by atoms with E-state index in [1.54, 1.807) is 18.3 Å². The predicted octanol–water partition coefficient (Wildman–Crippen LogP) is 0.861. The average Bonchev–Trinajstić information content (AvgIpc) is 2.34. The molecule has 1 fully saturated rings. The van der Waals surface area contributed by atoms with Crippen LogP contribution in [0.3, 0.4) is 0 Å². The van der Waals surface area contributed by atoms with Gasteiger partial charge in [0.2, 0.25) is 5.88 Å². The normalized spacial score (nSPS) is 27.1. The lowest BCUT2D eigenvalue weighted by molar-refractivity contribution is -0.163. The van der Waals surface area contributed by atoms with E-state index in [1.807, 2.05) is 0 Å². The molecule has 1 aromatic rings. The minimum atomic E-state index is -0.963. The Balaban J connectivity index is 2.11. The van der Waals surface area contributed by atoms with Gasteiger partial charge >= 0.3 is 5.97 Å². The van der Waals surface area contributed by atoms with E-state index in [-0.39, 0.29) is 11.9 Å². The zero-order valence-electron chi connectivity index (χ0n) is 9.84. The highest BCUT2D eigenvalue weighted by Crippen LogP contribution is 2.46. The third kappa shape index (κ3) is 2.10. The van der Waals surface area contributed by atoms with Gasteiger partial charge in [0.15, 0.2) is 0 Å². The van der Waals surface area contributed by atoms with E-state index in [4.69, 9.17) is 4.74 Å². The zero-order chi connectivity index (χ0) is 12.5. The van der Waals surface area contributed by atoms with Crippen LogP contribution in [0, 0.1) is 5.92 Å². The quantitative estimate of drug-likeness (QED) is 0.790. The molecule has 0 saturated heterocycles. The Morgan fingerprint density at radius 3 is 2.82 bits per heavy atom. The average molecular weight is 237 g/mol. The molecule has 1 saturated carbocycles. The number of carbonyl (C=O) groups excluding carboxylic acids is 1. The van der Waals surface area contributed by atoms with Crippen LogP contribution in [0.5, 0.6) is 5.88 Å². The number of ether oxygens (including phenoxy) is 2. The number of hydrogen-bond acceptors (Lipinski definition) is 5. The van der Waals surface area contributed by atoms with Gasteiger partial charge in [-0.1, -0.05) is 0 Å². The second-order valence-corrected chi connectivity index (χ2v) is 4.25. The topological polar surface area (TPSA) is 68.7 Å². The highest BCUT2D eigenvalue weighted by molar-refractivity contribution is 5.74. The first-order valence-electron chi connectivity index (χ1n) is 5.40. The standard InChI is InChI=1S/C12H15NO4/c1-16-10-5-9(3-4-13-10)12(15)6-8(7-12)11(14)17-2/h3-5,8,15H,6-7H2,1-2H3. The van der Waals surface area contributed by atoms with E-state index in [1.165, 1.54) is 14.2 Å². The number of rotatable bonds is 3. The number of carbonyl (C=O) groups is 1. The van der Waals surface area contributed by atoms with Crippen molar-refractivity contribution in [2.75, 3.05) is 14.2 Å². The fraction of sp³-hybridized carbons (Fsp3) is 0.500. The molecule has 0 aromatic carbocycles. The number of esters is 1. The van der Waals surface area contributed by atoms with Crippen LogP contribution in [0.4, 0.5) is 0 Å². The minimum Gasteiger partial charge on any atom is -0.481 e. The summed E-state index contributed by atoms with van der Waals surface area (Å²) in [4.78, 5) is 15.2. The zero-order valence-corrected chi connectivity index (χ0v) is 9.84. The van der Waals surface area contributed by atoms with Crippen molar-refractivity contribution in [2.24, 2.45) is 5.92 Å². The van der Waals surface area contributed by atoms with E-state index < -0.39 is 5.60 Å². The summed E-state index contributed by atoms with van der Waals surface area (Å²) in [5.74, 6) is -0.0303. The summed E-state index contributed by atoms with van der Waals surface area (Å²) < 4.78 is 9.64. The summed E-state index contributed by atoms with van der Waals surface area (Å²) in [6.07, 6.45) is 2.34. The summed E-state index contributed by atoms with van der Waals surface area (Å²) >= 11 is 0. The van der Waals surface area contributed by atoms with Crippen LogP contribution in [0.15, 0.2) is 18.3 Å². The molecule has 0 bridgehead atoms. The SMILES string of the molecule is COC(=O)C1CC(O)(c2ccnc(OC)c2)C1. The summed E-state index contributed by atoms with van der Waals surface area (Å²) in [7, 11) is 2.88. The highest BCUT2D eigenvalue weighted by atomic mass is 16.5. The fourth-order valence-corrected chi connectivity index (χ4v) is 2.14. The Kier molecular flexibility index (Phi) is 3.02. The molecule has 0 spiro atoms. The smallest absolute Gasteiger partial charge is 0.308 e. The second-order valence-electron chi connectivity index (χ2n) is 4.25. The van der Waals surface area contributed by atoms with Gasteiger partial charge < -0.3 is 14.6 Å². The Bertz CT molecular complexity index is 426. The summed E-state index contributed by atoms with van der Waals surface area (Å²) in [6.45, 7) is 0. The molecule has 17 heavy (non-hydrogen) atoms. The molecule has 2 rings (SSSR count). The van der Waals surface area contributed by atoms with Crippen LogP contribution < -0.4 is 4.74 Å². The maximum atomic E-state index is 11.3. The Morgan fingerprint density at radius 2 is 2.24 bits per heavy atom. The summed E-state index contributed by atoms with van der Waals surface area (Å²) in [5, 5.41) is 10.3. The first kappa shape index (κ1) is 11.9. The molecule has 1 heterocycles. The van der Waals surface area contributed by atoms with Gasteiger partial charge in [-0.15, -0.1) is 0 Å². The van der Waals surface area contributed by atoms with Gasteiger partial charge in [-0.05, 0) is 24.5 Å². The molecule has 1 aliphatic rings. The van der Waals surface area contributed by atoms with Crippen molar-refractivity contribution < 1.29 is 19.4 Å². The second kappa shape index (κ2) is 4.33. The van der Waals surface area contributed by atoms with Gasteiger partial charge in [0.25, 0.3) is 0 Å². The predicted molar refractivity (Wildman–Crippen MR) is 59.4 cm³/mol. The van der Waals surface area contributed by atoms with E-state index in [2.05, 4.69) is 9.72 Å². The minimum absolute atomic E-state index is 0.218. The molecule has 0 aliphatic heterocycles. The van der Waals surface area contributed by atoms with Gasteiger partial charge in [-0.25, -0.2) is 4.98 Å². The van der Waals surface area contributed by atoms with Crippen LogP contribution in [-0.4, -0.2) is 30.3 Å². The molecule has 1 N–H and O–H groups in total. The van der Waals surface area contributed by atoms with Gasteiger partial charge in [0.05, 0.1) is 25.7 Å². The van der Waals surface area contributed by atoms with Crippen molar-refractivity contribution in [3.63, 3.8) is 0 Å². The largest absolute Gasteiger partial charge is 0.481 e. The molecule has 0 atom stereocenters. The van der Waals surface area contributed by atoms with Crippen LogP contribution in [0.1, 0.15) is 18.4 Å². The Labute approximate surface area is 99.4 Å². The lowest BCUT2D eigenvalue weighted by Crippen LogP contribution is -2.44. The summed E-state index contributed by atoms with van der Waals surface area (Å²) in [5.41, 5.74) is -0.237. The lowest BCUT2D eigenvalue weighted by atomic mass is 9.67. The van der Waals surface area contributed by atoms with Gasteiger partial charge in [-0.3, -0.25) is 4.79 Å². The highest BCUT2D eigenvalue weighted by Gasteiger charge is 2.48. The number of pyridine rings is 1. The van der Waals surface area contributed by atoms with Gasteiger partial charge in [0.1, 0.15) is 0 Å². The number of aromatic nitrogens is 1. The lowest BCUT2D eigenvalue weighted by Gasteiger charge is -2.42. The maximum Gasteiger partial charge on any atom is 0.308 e. The van der Waals surface area contributed by atoms with Gasteiger partial charge in [0, 0.05) is 12.3 Å². The van der Waals surface area contributed by atoms with E-state index in [0.717, 1.165) is 5.56 Å². The van der Waals surface area contributed by atoms with E-state index in [9.17, 15) is 9.90 Å². The Morgan fingerprint density at radius 1 is 1.53 bits per heavy atom. The first-order valence-corrected chi connectivity index (χ1v) is 5.40. The molecule has 0 amide bonds. The van der Waals surface area contributed by atoms with E-state index >= 15 is 0 Å². The molecule has 5 nitrogen and oxygen atoms in total. The number of aliphatic hydroxyl groups is 1. The number of methoxy groups -OCH3 is 2. The fourth-order valence-electron chi connectivity index (χ4n) is 2.14. The van der Waals surface area contributed by atoms with Crippen molar-refractivity contribution in [3.8, 4) is 5.88 Å². The number of hydrogen-bond donors (Lipinski definition) is 1. The van der Waals surface area contributed by atoms with Crippen molar-refractivity contribution in [1.29, 1.82) is 0 Å². The van der Waals surface area contributed by atoms with Crippen LogP contribution in [0.2, 0.25) is 0 Å². The first-order chi connectivity index (χ1) is 8.09. The van der Waals surface area contributed by atoms with Crippen molar-refractivity contribution in [3.05, 3.63) is 23.9 Å². The molecule has 92 valence electrons. The van der Waals surface area contributed by atoms with E-state index in [0.29, 0.717) is 18.7 Å². The molecule has 1 aliphatic carbocycles. The monoisotopic (exact) mass is 237 g/mol. The third-order valence-electron chi connectivity index (χ3n) is 3.18. The molecular weight excluding hydrogens is 222 g/mol. The van der Waals surface area contributed by atoms with Crippen LogP contribution >= 0.6 is 0 Å². The molecule has 1 aromatic heterocycles. The van der Waals surface area contributed by atoms with Crippen LogP contribution in [0.25, 0.3) is 0 Å². The molecule has 5 heteroatoms. The van der Waals surface area contributed by atoms with Gasteiger partial charge in [-0.2, -0.15) is 0 Å². The maximum absolute atomic E-state index is 11.3. The molecule has 0 unspecified atom stereocenters. The third-order valence-corrected chi connectivity index (χ3v) is 3.18.